The Labute approximate surface area is 119 Å². The molecular formula is C13H16BrNS2. The second-order valence-corrected chi connectivity index (χ2v) is 7.50. The Morgan fingerprint density at radius 1 is 1.47 bits per heavy atom. The van der Waals surface area contributed by atoms with Crippen molar-refractivity contribution in [3.8, 4) is 0 Å². The minimum atomic E-state index is 0.465. The Morgan fingerprint density at radius 3 is 2.82 bits per heavy atom. The number of rotatable bonds is 5. The van der Waals surface area contributed by atoms with Gasteiger partial charge < -0.3 is 5.32 Å². The maximum absolute atomic E-state index is 3.60. The fraction of sp³-hybridized carbons (Fsp3) is 0.385. The lowest BCUT2D eigenvalue weighted by Gasteiger charge is -2.13. The summed E-state index contributed by atoms with van der Waals surface area (Å²) < 4.78 is 1.25. The molecule has 1 atom stereocenters. The highest BCUT2D eigenvalue weighted by atomic mass is 79.9. The molecule has 2 rings (SSSR count). The van der Waals surface area contributed by atoms with Gasteiger partial charge in [0, 0.05) is 15.8 Å². The van der Waals surface area contributed by atoms with Gasteiger partial charge in [-0.2, -0.15) is 0 Å². The number of hydrogen-bond acceptors (Lipinski definition) is 3. The Hall–Kier alpha value is -0.160. The Morgan fingerprint density at radius 2 is 2.29 bits per heavy atom. The largest absolute Gasteiger partial charge is 0.312 e. The van der Waals surface area contributed by atoms with E-state index in [4.69, 9.17) is 0 Å². The molecule has 1 N–H and O–H groups in total. The second kappa shape index (κ2) is 6.14. The lowest BCUT2D eigenvalue weighted by Crippen LogP contribution is -2.15. The van der Waals surface area contributed by atoms with E-state index in [2.05, 4.69) is 51.7 Å². The van der Waals surface area contributed by atoms with Crippen LogP contribution >= 0.6 is 38.6 Å². The molecule has 0 aliphatic carbocycles. The van der Waals surface area contributed by atoms with E-state index in [1.807, 2.05) is 29.7 Å². The van der Waals surface area contributed by atoms with Crippen molar-refractivity contribution in [3.63, 3.8) is 0 Å². The molecule has 0 aliphatic rings. The molecule has 2 aromatic heterocycles. The van der Waals surface area contributed by atoms with Crippen molar-refractivity contribution in [2.75, 3.05) is 7.05 Å². The van der Waals surface area contributed by atoms with E-state index < -0.39 is 0 Å². The van der Waals surface area contributed by atoms with Crippen molar-refractivity contribution in [1.82, 2.24) is 5.32 Å². The third-order valence-electron chi connectivity index (χ3n) is 2.83. The van der Waals surface area contributed by atoms with Gasteiger partial charge in [-0.25, -0.2) is 0 Å². The van der Waals surface area contributed by atoms with E-state index in [1.165, 1.54) is 19.1 Å². The molecule has 2 aromatic rings. The van der Waals surface area contributed by atoms with Crippen LogP contribution in [0.2, 0.25) is 0 Å². The van der Waals surface area contributed by atoms with E-state index in [0.717, 1.165) is 12.8 Å². The van der Waals surface area contributed by atoms with Crippen LogP contribution in [0.15, 0.2) is 27.4 Å². The van der Waals surface area contributed by atoms with Crippen LogP contribution in [-0.4, -0.2) is 7.05 Å². The quantitative estimate of drug-likeness (QED) is 0.832. The first-order valence-corrected chi connectivity index (χ1v) is 8.15. The summed E-state index contributed by atoms with van der Waals surface area (Å²) in [7, 11) is 2.04. The first-order valence-electron chi connectivity index (χ1n) is 5.66. The maximum atomic E-state index is 3.60. The van der Waals surface area contributed by atoms with Gasteiger partial charge in [0.2, 0.25) is 0 Å². The van der Waals surface area contributed by atoms with Crippen molar-refractivity contribution < 1.29 is 0 Å². The molecule has 0 radical (unpaired) electrons. The van der Waals surface area contributed by atoms with E-state index >= 15 is 0 Å². The first kappa shape index (κ1) is 13.3. The van der Waals surface area contributed by atoms with Gasteiger partial charge in [-0.3, -0.25) is 0 Å². The molecule has 0 amide bonds. The molecule has 0 spiro atoms. The minimum absolute atomic E-state index is 0.465. The van der Waals surface area contributed by atoms with Gasteiger partial charge in [-0.1, -0.05) is 6.07 Å². The van der Waals surface area contributed by atoms with Crippen LogP contribution in [0.25, 0.3) is 0 Å². The van der Waals surface area contributed by atoms with Crippen molar-refractivity contribution >= 4 is 38.6 Å². The fourth-order valence-electron chi connectivity index (χ4n) is 1.83. The average molecular weight is 330 g/mol. The molecule has 1 nitrogen and oxygen atoms in total. The molecule has 0 aromatic carbocycles. The standard InChI is InChI=1S/C13H16BrNS2/c1-9-8-12(17-13(9)14)11(15-2)6-5-10-4-3-7-16-10/h3-4,7-8,11,15H,5-6H2,1-2H3. The molecule has 1 unspecified atom stereocenters. The zero-order valence-corrected chi connectivity index (χ0v) is 13.2. The monoisotopic (exact) mass is 329 g/mol. The molecule has 0 saturated heterocycles. The molecule has 0 bridgehead atoms. The van der Waals surface area contributed by atoms with Crippen LogP contribution in [0.1, 0.15) is 27.8 Å². The highest BCUT2D eigenvalue weighted by Crippen LogP contribution is 2.33. The first-order chi connectivity index (χ1) is 8.20. The summed E-state index contributed by atoms with van der Waals surface area (Å²) in [6.45, 7) is 2.15. The van der Waals surface area contributed by atoms with Crippen molar-refractivity contribution in [1.29, 1.82) is 0 Å². The van der Waals surface area contributed by atoms with Gasteiger partial charge >= 0.3 is 0 Å². The number of halogens is 1. The lowest BCUT2D eigenvalue weighted by atomic mass is 10.1. The highest BCUT2D eigenvalue weighted by Gasteiger charge is 2.13. The third kappa shape index (κ3) is 3.41. The number of thiophene rings is 2. The molecule has 2 heterocycles. The summed E-state index contributed by atoms with van der Waals surface area (Å²) in [5, 5.41) is 5.56. The van der Waals surface area contributed by atoms with E-state index in [1.54, 1.807) is 0 Å². The van der Waals surface area contributed by atoms with Crippen LogP contribution in [0.4, 0.5) is 0 Å². The predicted molar refractivity (Wildman–Crippen MR) is 81.2 cm³/mol. The number of nitrogens with one attached hydrogen (secondary N) is 1. The van der Waals surface area contributed by atoms with Crippen LogP contribution in [0, 0.1) is 6.92 Å². The predicted octanol–water partition coefficient (Wildman–Crippen LogP) is 4.77. The minimum Gasteiger partial charge on any atom is -0.312 e. The molecule has 0 saturated carbocycles. The van der Waals surface area contributed by atoms with Crippen molar-refractivity contribution in [3.05, 3.63) is 42.7 Å². The molecule has 0 fully saturated rings. The SMILES string of the molecule is CNC(CCc1cccs1)c1cc(C)c(Br)s1. The molecule has 4 heteroatoms. The molecule has 92 valence electrons. The van der Waals surface area contributed by atoms with Crippen LogP contribution in [0.5, 0.6) is 0 Å². The van der Waals surface area contributed by atoms with Gasteiger partial charge in [-0.15, -0.1) is 22.7 Å². The topological polar surface area (TPSA) is 12.0 Å². The van der Waals surface area contributed by atoms with Crippen LogP contribution in [-0.2, 0) is 6.42 Å². The Kier molecular flexibility index (Phi) is 4.79. The summed E-state index contributed by atoms with van der Waals surface area (Å²) in [5.74, 6) is 0. The van der Waals surface area contributed by atoms with E-state index in [-0.39, 0.29) is 0 Å². The smallest absolute Gasteiger partial charge is 0.0731 e. The molecular weight excluding hydrogens is 314 g/mol. The fourth-order valence-corrected chi connectivity index (χ4v) is 4.27. The Bertz CT molecular complexity index is 442. The summed E-state index contributed by atoms with van der Waals surface area (Å²) in [6, 6.07) is 7.09. The number of hydrogen-bond donors (Lipinski definition) is 1. The normalized spacial score (nSPS) is 12.9. The summed E-state index contributed by atoms with van der Waals surface area (Å²) in [4.78, 5) is 2.89. The number of aryl methyl sites for hydroxylation is 2. The zero-order valence-electron chi connectivity index (χ0n) is 10.00. The van der Waals surface area contributed by atoms with E-state index in [9.17, 15) is 0 Å². The third-order valence-corrected chi connectivity index (χ3v) is 6.01. The van der Waals surface area contributed by atoms with Crippen molar-refractivity contribution in [2.45, 2.75) is 25.8 Å². The highest BCUT2D eigenvalue weighted by molar-refractivity contribution is 9.11. The van der Waals surface area contributed by atoms with Gasteiger partial charge in [0.1, 0.15) is 0 Å². The summed E-state index contributed by atoms with van der Waals surface area (Å²) in [5.41, 5.74) is 1.33. The van der Waals surface area contributed by atoms with E-state index in [0.29, 0.717) is 6.04 Å². The average Bonchev–Trinajstić information content (AvgIpc) is 2.91. The van der Waals surface area contributed by atoms with Crippen molar-refractivity contribution in [2.24, 2.45) is 0 Å². The van der Waals surface area contributed by atoms with Gasteiger partial charge in [-0.05, 0) is 65.8 Å². The summed E-state index contributed by atoms with van der Waals surface area (Å²) >= 11 is 7.28. The van der Waals surface area contributed by atoms with Gasteiger partial charge in [0.05, 0.1) is 3.79 Å². The van der Waals surface area contributed by atoms with Gasteiger partial charge in [0.25, 0.3) is 0 Å². The van der Waals surface area contributed by atoms with Crippen LogP contribution < -0.4 is 5.32 Å². The molecule has 17 heavy (non-hydrogen) atoms. The van der Waals surface area contributed by atoms with Crippen LogP contribution in [0.3, 0.4) is 0 Å². The maximum Gasteiger partial charge on any atom is 0.0731 e. The summed E-state index contributed by atoms with van der Waals surface area (Å²) in [6.07, 6.45) is 2.31. The Balaban J connectivity index is 2.01. The lowest BCUT2D eigenvalue weighted by molar-refractivity contribution is 0.560. The van der Waals surface area contributed by atoms with Gasteiger partial charge in [0.15, 0.2) is 0 Å². The second-order valence-electron chi connectivity index (χ2n) is 4.06. The molecule has 0 aliphatic heterocycles. The zero-order chi connectivity index (χ0) is 12.3.